The van der Waals surface area contributed by atoms with E-state index in [-0.39, 0.29) is 11.9 Å². The Labute approximate surface area is 128 Å². The van der Waals surface area contributed by atoms with Gasteiger partial charge >= 0.3 is 0 Å². The van der Waals surface area contributed by atoms with Crippen molar-refractivity contribution >= 4 is 5.91 Å². The van der Waals surface area contributed by atoms with Crippen LogP contribution in [0, 0.1) is 0 Å². The number of benzene rings is 1. The fourth-order valence-corrected chi connectivity index (χ4v) is 2.28. The van der Waals surface area contributed by atoms with E-state index < -0.39 is 6.04 Å². The Morgan fingerprint density at radius 3 is 2.77 bits per heavy atom. The molecule has 1 aliphatic heterocycles. The number of amides is 1. The van der Waals surface area contributed by atoms with Crippen molar-refractivity contribution in [1.82, 2.24) is 20.1 Å². The highest BCUT2D eigenvalue weighted by Crippen LogP contribution is 2.32. The number of fused-ring (bicyclic) bond motifs is 1. The molecule has 2 atom stereocenters. The van der Waals surface area contributed by atoms with E-state index in [9.17, 15) is 4.79 Å². The molecule has 7 heteroatoms. The molecule has 116 valence electrons. The molecule has 0 spiro atoms. The zero-order valence-electron chi connectivity index (χ0n) is 12.5. The van der Waals surface area contributed by atoms with Crippen molar-refractivity contribution in [2.45, 2.75) is 25.9 Å². The van der Waals surface area contributed by atoms with Crippen LogP contribution in [0.3, 0.4) is 0 Å². The quantitative estimate of drug-likeness (QED) is 0.925. The first kappa shape index (κ1) is 14.4. The molecule has 0 saturated heterocycles. The molecule has 2 heterocycles. The van der Waals surface area contributed by atoms with E-state index in [0.29, 0.717) is 19.0 Å². The van der Waals surface area contributed by atoms with Gasteiger partial charge in [0.25, 0.3) is 0 Å². The highest BCUT2D eigenvalue weighted by Gasteiger charge is 2.20. The molecule has 0 radical (unpaired) electrons. The highest BCUT2D eigenvalue weighted by atomic mass is 16.6. The molecule has 3 rings (SSSR count). The van der Waals surface area contributed by atoms with Crippen molar-refractivity contribution in [3.8, 4) is 11.5 Å². The predicted octanol–water partition coefficient (Wildman–Crippen LogP) is 1.49. The number of hydrogen-bond donors (Lipinski definition) is 1. The van der Waals surface area contributed by atoms with Crippen LogP contribution in [0.15, 0.2) is 30.9 Å². The zero-order chi connectivity index (χ0) is 15.5. The van der Waals surface area contributed by atoms with Crippen LogP contribution < -0.4 is 14.8 Å². The number of ether oxygens (including phenoxy) is 2. The van der Waals surface area contributed by atoms with Gasteiger partial charge in [-0.15, -0.1) is 0 Å². The Kier molecular flexibility index (Phi) is 3.95. The van der Waals surface area contributed by atoms with Crippen LogP contribution in [-0.2, 0) is 4.79 Å². The van der Waals surface area contributed by atoms with Crippen molar-refractivity contribution in [2.75, 3.05) is 13.2 Å². The summed E-state index contributed by atoms with van der Waals surface area (Å²) in [5.74, 6) is 1.34. The molecular formula is C15H18N4O3. The first-order valence-electron chi connectivity index (χ1n) is 7.19. The highest BCUT2D eigenvalue weighted by molar-refractivity contribution is 5.80. The zero-order valence-corrected chi connectivity index (χ0v) is 12.5. The predicted molar refractivity (Wildman–Crippen MR) is 78.7 cm³/mol. The van der Waals surface area contributed by atoms with Gasteiger partial charge in [-0.2, -0.15) is 5.10 Å². The lowest BCUT2D eigenvalue weighted by Gasteiger charge is -2.22. The van der Waals surface area contributed by atoms with Crippen LogP contribution in [0.1, 0.15) is 31.5 Å². The van der Waals surface area contributed by atoms with Gasteiger partial charge in [0.2, 0.25) is 5.91 Å². The molecule has 0 saturated carbocycles. The van der Waals surface area contributed by atoms with Crippen molar-refractivity contribution in [2.24, 2.45) is 0 Å². The Morgan fingerprint density at radius 2 is 2.05 bits per heavy atom. The summed E-state index contributed by atoms with van der Waals surface area (Å²) in [4.78, 5) is 16.1. The summed E-state index contributed by atoms with van der Waals surface area (Å²) in [7, 11) is 0. The van der Waals surface area contributed by atoms with Gasteiger partial charge in [0.15, 0.2) is 11.5 Å². The van der Waals surface area contributed by atoms with Crippen LogP contribution in [0.25, 0.3) is 0 Å². The molecule has 22 heavy (non-hydrogen) atoms. The average molecular weight is 302 g/mol. The first-order valence-corrected chi connectivity index (χ1v) is 7.19. The Hall–Kier alpha value is -2.57. The normalized spacial score (nSPS) is 15.9. The molecule has 1 aromatic heterocycles. The van der Waals surface area contributed by atoms with Gasteiger partial charge < -0.3 is 14.8 Å². The van der Waals surface area contributed by atoms with Gasteiger partial charge in [-0.25, -0.2) is 9.67 Å². The van der Waals surface area contributed by atoms with Crippen molar-refractivity contribution < 1.29 is 14.3 Å². The standard InChI is InChI=1S/C15H18N4O3/c1-10(18-15(20)11(2)19-9-16-8-17-19)12-3-4-13-14(7-12)22-6-5-21-13/h3-4,7-11H,5-6H2,1-2H3,(H,18,20)/t10-,11-/m1/s1. The molecule has 0 aliphatic carbocycles. The van der Waals surface area contributed by atoms with Crippen LogP contribution in [0.2, 0.25) is 0 Å². The van der Waals surface area contributed by atoms with Gasteiger partial charge in [-0.05, 0) is 31.5 Å². The van der Waals surface area contributed by atoms with E-state index >= 15 is 0 Å². The van der Waals surface area contributed by atoms with E-state index in [2.05, 4.69) is 15.4 Å². The number of carbonyl (C=O) groups excluding carboxylic acids is 1. The van der Waals surface area contributed by atoms with E-state index in [1.54, 1.807) is 6.92 Å². The minimum Gasteiger partial charge on any atom is -0.486 e. The number of rotatable bonds is 4. The third-order valence-electron chi connectivity index (χ3n) is 3.64. The summed E-state index contributed by atoms with van der Waals surface area (Å²) >= 11 is 0. The molecule has 2 aromatic rings. The summed E-state index contributed by atoms with van der Waals surface area (Å²) in [5.41, 5.74) is 0.961. The number of nitrogens with one attached hydrogen (secondary N) is 1. The molecule has 1 amide bonds. The maximum absolute atomic E-state index is 12.3. The third kappa shape index (κ3) is 2.88. The molecule has 0 bridgehead atoms. The van der Waals surface area contributed by atoms with Crippen LogP contribution >= 0.6 is 0 Å². The van der Waals surface area contributed by atoms with Crippen LogP contribution in [-0.4, -0.2) is 33.9 Å². The van der Waals surface area contributed by atoms with Crippen molar-refractivity contribution in [3.63, 3.8) is 0 Å². The van der Waals surface area contributed by atoms with Gasteiger partial charge in [0.05, 0.1) is 6.04 Å². The van der Waals surface area contributed by atoms with E-state index in [1.807, 2.05) is 25.1 Å². The second-order valence-corrected chi connectivity index (χ2v) is 5.18. The number of nitrogens with zero attached hydrogens (tertiary/aromatic N) is 3. The molecule has 1 N–H and O–H groups in total. The smallest absolute Gasteiger partial charge is 0.245 e. The lowest BCUT2D eigenvalue weighted by molar-refractivity contribution is -0.124. The van der Waals surface area contributed by atoms with Crippen LogP contribution in [0.4, 0.5) is 0 Å². The average Bonchev–Trinajstić information content (AvgIpc) is 3.08. The number of carbonyl (C=O) groups is 1. The molecule has 0 unspecified atom stereocenters. The molecule has 1 aliphatic rings. The maximum atomic E-state index is 12.3. The lowest BCUT2D eigenvalue weighted by Crippen LogP contribution is -2.33. The summed E-state index contributed by atoms with van der Waals surface area (Å²) < 4.78 is 12.6. The largest absolute Gasteiger partial charge is 0.486 e. The maximum Gasteiger partial charge on any atom is 0.245 e. The Bertz CT molecular complexity index is 657. The third-order valence-corrected chi connectivity index (χ3v) is 3.64. The fraction of sp³-hybridized carbons (Fsp3) is 0.400. The van der Waals surface area contributed by atoms with Gasteiger partial charge in [0.1, 0.15) is 31.9 Å². The van der Waals surface area contributed by atoms with Gasteiger partial charge in [0, 0.05) is 0 Å². The summed E-state index contributed by atoms with van der Waals surface area (Å²) in [5, 5.41) is 6.95. The van der Waals surface area contributed by atoms with Gasteiger partial charge in [-0.3, -0.25) is 4.79 Å². The minimum atomic E-state index is -0.415. The fourth-order valence-electron chi connectivity index (χ4n) is 2.28. The number of aromatic nitrogens is 3. The topological polar surface area (TPSA) is 78.3 Å². The second kappa shape index (κ2) is 6.05. The van der Waals surface area contributed by atoms with Crippen LogP contribution in [0.5, 0.6) is 11.5 Å². The molecular weight excluding hydrogens is 284 g/mol. The second-order valence-electron chi connectivity index (χ2n) is 5.18. The molecule has 7 nitrogen and oxygen atoms in total. The SMILES string of the molecule is C[C@H](C(=O)N[C@H](C)c1ccc2c(c1)OCCO2)n1cncn1. The number of hydrogen-bond acceptors (Lipinski definition) is 5. The minimum absolute atomic E-state index is 0.118. The van der Waals surface area contributed by atoms with E-state index in [0.717, 1.165) is 11.3 Å². The summed E-state index contributed by atoms with van der Waals surface area (Å²) in [6.45, 7) is 4.81. The van der Waals surface area contributed by atoms with E-state index in [1.165, 1.54) is 17.3 Å². The van der Waals surface area contributed by atoms with Crippen molar-refractivity contribution in [1.29, 1.82) is 0 Å². The van der Waals surface area contributed by atoms with E-state index in [4.69, 9.17) is 9.47 Å². The first-order chi connectivity index (χ1) is 10.6. The lowest BCUT2D eigenvalue weighted by atomic mass is 10.1. The summed E-state index contributed by atoms with van der Waals surface area (Å²) in [6.07, 6.45) is 2.94. The molecule has 0 fully saturated rings. The van der Waals surface area contributed by atoms with Crippen molar-refractivity contribution in [3.05, 3.63) is 36.4 Å². The Balaban J connectivity index is 1.69. The monoisotopic (exact) mass is 302 g/mol. The van der Waals surface area contributed by atoms with Gasteiger partial charge in [-0.1, -0.05) is 6.07 Å². The molecule has 1 aromatic carbocycles. The summed E-state index contributed by atoms with van der Waals surface area (Å²) in [6, 6.07) is 5.14. The Morgan fingerprint density at radius 1 is 1.27 bits per heavy atom.